The van der Waals surface area contributed by atoms with Crippen molar-refractivity contribution in [3.63, 3.8) is 0 Å². The summed E-state index contributed by atoms with van der Waals surface area (Å²) >= 11 is 0. The smallest absolute Gasteiger partial charge is 0.162 e. The lowest BCUT2D eigenvalue weighted by Crippen LogP contribution is -2.04. The minimum absolute atomic E-state index is 0.0931. The fourth-order valence-electron chi connectivity index (χ4n) is 0.981. The largest absolute Gasteiger partial charge is 0.383 e. The van der Waals surface area contributed by atoms with E-state index in [9.17, 15) is 4.79 Å². The van der Waals surface area contributed by atoms with Gasteiger partial charge in [-0.1, -0.05) is 0 Å². The molecule has 1 rings (SSSR count). The molecule has 4 nitrogen and oxygen atoms in total. The second-order valence-corrected chi connectivity index (χ2v) is 2.75. The van der Waals surface area contributed by atoms with Crippen LogP contribution >= 0.6 is 0 Å². The molecular weight excluding hydrogens is 166 g/mol. The number of rotatable bonds is 1. The zero-order chi connectivity index (χ0) is 10.0. The highest BCUT2D eigenvalue weighted by molar-refractivity contribution is 5.96. The quantitative estimate of drug-likeness (QED) is 0.647. The number of nitrogens with two attached hydrogens (primary N) is 1. The molecule has 1 heterocycles. The van der Waals surface area contributed by atoms with E-state index >= 15 is 0 Å². The summed E-state index contributed by atoms with van der Waals surface area (Å²) in [5, 5.41) is 8.66. The molecule has 0 saturated carbocycles. The van der Waals surface area contributed by atoms with Crippen LogP contribution in [0.15, 0.2) is 6.07 Å². The SMILES string of the molecule is CC(=O)c1cc(C)c(N)nc1C#N. The van der Waals surface area contributed by atoms with Gasteiger partial charge in [-0.15, -0.1) is 0 Å². The van der Waals surface area contributed by atoms with E-state index in [4.69, 9.17) is 11.0 Å². The maximum atomic E-state index is 11.1. The van der Waals surface area contributed by atoms with Crippen molar-refractivity contribution < 1.29 is 4.79 Å². The molecule has 0 amide bonds. The van der Waals surface area contributed by atoms with Crippen molar-refractivity contribution in [3.05, 3.63) is 22.9 Å². The molecule has 0 atom stereocenters. The molecule has 0 aliphatic heterocycles. The number of nitrogen functional groups attached to an aromatic ring is 1. The predicted molar refractivity (Wildman–Crippen MR) is 48.1 cm³/mol. The molecule has 0 aliphatic carbocycles. The molecule has 0 aliphatic rings. The normalized spacial score (nSPS) is 9.31. The van der Waals surface area contributed by atoms with E-state index in [0.717, 1.165) is 0 Å². The van der Waals surface area contributed by atoms with Gasteiger partial charge in [0.1, 0.15) is 11.9 Å². The highest BCUT2D eigenvalue weighted by Gasteiger charge is 2.10. The molecule has 1 aromatic rings. The standard InChI is InChI=1S/C9H9N3O/c1-5-3-7(6(2)13)8(4-10)12-9(5)11/h3H,1-2H3,(H2,11,12). The predicted octanol–water partition coefficient (Wildman–Crippen LogP) is 1.05. The van der Waals surface area contributed by atoms with E-state index in [1.165, 1.54) is 6.92 Å². The topological polar surface area (TPSA) is 79.8 Å². The van der Waals surface area contributed by atoms with E-state index in [-0.39, 0.29) is 11.5 Å². The van der Waals surface area contributed by atoms with Crippen molar-refractivity contribution in [2.45, 2.75) is 13.8 Å². The van der Waals surface area contributed by atoms with Crippen molar-refractivity contribution >= 4 is 11.6 Å². The van der Waals surface area contributed by atoms with E-state index in [2.05, 4.69) is 4.98 Å². The minimum atomic E-state index is -0.174. The van der Waals surface area contributed by atoms with Crippen LogP contribution in [0.3, 0.4) is 0 Å². The van der Waals surface area contributed by atoms with Gasteiger partial charge in [-0.2, -0.15) is 5.26 Å². The van der Waals surface area contributed by atoms with Crippen molar-refractivity contribution in [3.8, 4) is 6.07 Å². The third-order valence-corrected chi connectivity index (χ3v) is 1.74. The zero-order valence-corrected chi connectivity index (χ0v) is 7.46. The van der Waals surface area contributed by atoms with E-state index < -0.39 is 0 Å². The monoisotopic (exact) mass is 175 g/mol. The molecule has 2 N–H and O–H groups in total. The van der Waals surface area contributed by atoms with Crippen LogP contribution in [0, 0.1) is 18.3 Å². The van der Waals surface area contributed by atoms with Gasteiger partial charge in [0, 0.05) is 0 Å². The maximum absolute atomic E-state index is 11.1. The first-order chi connectivity index (χ1) is 6.06. The third kappa shape index (κ3) is 1.64. The average molecular weight is 175 g/mol. The van der Waals surface area contributed by atoms with E-state index in [0.29, 0.717) is 16.9 Å². The van der Waals surface area contributed by atoms with Gasteiger partial charge in [0.25, 0.3) is 0 Å². The van der Waals surface area contributed by atoms with E-state index in [1.807, 2.05) is 6.07 Å². The number of hydrogen-bond donors (Lipinski definition) is 1. The van der Waals surface area contributed by atoms with Gasteiger partial charge in [-0.25, -0.2) is 4.98 Å². The lowest BCUT2D eigenvalue weighted by atomic mass is 10.1. The second-order valence-electron chi connectivity index (χ2n) is 2.75. The van der Waals surface area contributed by atoms with Crippen LogP contribution in [0.5, 0.6) is 0 Å². The van der Waals surface area contributed by atoms with Crippen molar-refractivity contribution in [1.82, 2.24) is 4.98 Å². The molecule has 0 spiro atoms. The highest BCUT2D eigenvalue weighted by Crippen LogP contribution is 2.13. The summed E-state index contributed by atoms with van der Waals surface area (Å²) < 4.78 is 0. The summed E-state index contributed by atoms with van der Waals surface area (Å²) in [5.74, 6) is 0.119. The Kier molecular flexibility index (Phi) is 2.29. The zero-order valence-electron chi connectivity index (χ0n) is 7.46. The number of nitriles is 1. The fraction of sp³-hybridized carbons (Fsp3) is 0.222. The van der Waals surface area contributed by atoms with Gasteiger partial charge in [0.2, 0.25) is 0 Å². The average Bonchev–Trinajstić information content (AvgIpc) is 2.08. The van der Waals surface area contributed by atoms with Gasteiger partial charge in [0.05, 0.1) is 5.56 Å². The van der Waals surface area contributed by atoms with Gasteiger partial charge in [-0.3, -0.25) is 4.79 Å². The second kappa shape index (κ2) is 3.23. The number of hydrogen-bond acceptors (Lipinski definition) is 4. The van der Waals surface area contributed by atoms with Crippen molar-refractivity contribution in [2.75, 3.05) is 5.73 Å². The van der Waals surface area contributed by atoms with Gasteiger partial charge in [-0.05, 0) is 25.5 Å². The Morgan fingerprint density at radius 1 is 1.69 bits per heavy atom. The van der Waals surface area contributed by atoms with Gasteiger partial charge < -0.3 is 5.73 Å². The molecule has 0 unspecified atom stereocenters. The first-order valence-electron chi connectivity index (χ1n) is 3.74. The molecule has 1 aromatic heterocycles. The van der Waals surface area contributed by atoms with Crippen LogP contribution in [0.2, 0.25) is 0 Å². The van der Waals surface area contributed by atoms with Crippen molar-refractivity contribution in [1.29, 1.82) is 5.26 Å². The summed E-state index contributed by atoms with van der Waals surface area (Å²) in [6, 6.07) is 3.42. The van der Waals surface area contributed by atoms with Gasteiger partial charge in [0.15, 0.2) is 11.5 Å². The number of pyridine rings is 1. The van der Waals surface area contributed by atoms with Crippen LogP contribution in [-0.2, 0) is 0 Å². The Hall–Kier alpha value is -1.89. The number of carbonyl (C=O) groups is 1. The highest BCUT2D eigenvalue weighted by atomic mass is 16.1. The molecule has 4 heteroatoms. The summed E-state index contributed by atoms with van der Waals surface area (Å²) in [6.07, 6.45) is 0. The number of nitrogens with zero attached hydrogens (tertiary/aromatic N) is 2. The van der Waals surface area contributed by atoms with Crippen LogP contribution < -0.4 is 5.73 Å². The van der Waals surface area contributed by atoms with Crippen LogP contribution in [0.25, 0.3) is 0 Å². The molecule has 0 aromatic carbocycles. The van der Waals surface area contributed by atoms with Gasteiger partial charge >= 0.3 is 0 Å². The molecular formula is C9H9N3O. The number of aromatic nitrogens is 1. The molecule has 13 heavy (non-hydrogen) atoms. The Morgan fingerprint density at radius 3 is 2.77 bits per heavy atom. The molecule has 0 radical (unpaired) electrons. The molecule has 0 bridgehead atoms. The van der Waals surface area contributed by atoms with Crippen LogP contribution in [0.4, 0.5) is 5.82 Å². The Bertz CT molecular complexity index is 404. The number of aryl methyl sites for hydroxylation is 1. The number of carbonyl (C=O) groups excluding carboxylic acids is 1. The number of Topliss-reactive ketones (excluding diaryl/α,β-unsaturated/α-hetero) is 1. The summed E-state index contributed by atoms with van der Waals surface area (Å²) in [7, 11) is 0. The summed E-state index contributed by atoms with van der Waals surface area (Å²) in [5.41, 5.74) is 6.63. The first-order valence-corrected chi connectivity index (χ1v) is 3.74. The van der Waals surface area contributed by atoms with Crippen molar-refractivity contribution in [2.24, 2.45) is 0 Å². The molecule has 0 saturated heterocycles. The number of anilines is 1. The lowest BCUT2D eigenvalue weighted by Gasteiger charge is -2.02. The summed E-state index contributed by atoms with van der Waals surface area (Å²) in [6.45, 7) is 3.14. The lowest BCUT2D eigenvalue weighted by molar-refractivity contribution is 0.101. The Morgan fingerprint density at radius 2 is 2.31 bits per heavy atom. The molecule has 66 valence electrons. The molecule has 0 fully saturated rings. The number of ketones is 1. The fourth-order valence-corrected chi connectivity index (χ4v) is 0.981. The summed E-state index contributed by atoms with van der Waals surface area (Å²) in [4.78, 5) is 14.9. The first kappa shape index (κ1) is 9.20. The third-order valence-electron chi connectivity index (χ3n) is 1.74. The minimum Gasteiger partial charge on any atom is -0.383 e. The van der Waals surface area contributed by atoms with Crippen LogP contribution in [-0.4, -0.2) is 10.8 Å². The van der Waals surface area contributed by atoms with E-state index in [1.54, 1.807) is 13.0 Å². The maximum Gasteiger partial charge on any atom is 0.162 e. The van der Waals surface area contributed by atoms with Crippen LogP contribution in [0.1, 0.15) is 28.5 Å². The Balaban J connectivity index is 3.44. The Labute approximate surface area is 76.0 Å².